The van der Waals surface area contributed by atoms with E-state index in [4.69, 9.17) is 11.1 Å². The summed E-state index contributed by atoms with van der Waals surface area (Å²) in [6, 6.07) is 9.00. The van der Waals surface area contributed by atoms with Gasteiger partial charge in [-0.25, -0.2) is 13.1 Å². The number of hydrogen-bond donors (Lipinski definition) is 3. The highest BCUT2D eigenvalue weighted by Gasteiger charge is 2.10. The van der Waals surface area contributed by atoms with Crippen LogP contribution in [0.3, 0.4) is 0 Å². The number of sulfonamides is 1. The summed E-state index contributed by atoms with van der Waals surface area (Å²) in [4.78, 5) is 0. The van der Waals surface area contributed by atoms with Gasteiger partial charge >= 0.3 is 0 Å². The largest absolute Gasteiger partial charge is 0.388 e. The lowest BCUT2D eigenvalue weighted by Gasteiger charge is -2.06. The minimum Gasteiger partial charge on any atom is -0.388 e. The molecule has 0 aliphatic rings. The maximum absolute atomic E-state index is 11.6. The molecular formula is C11H17N3O2S. The molecule has 94 valence electrons. The lowest BCUT2D eigenvalue weighted by Crippen LogP contribution is -2.27. The Hall–Kier alpha value is -1.40. The molecule has 0 spiro atoms. The second kappa shape index (κ2) is 6.36. The molecule has 0 aliphatic heterocycles. The van der Waals surface area contributed by atoms with E-state index < -0.39 is 10.0 Å². The molecule has 0 radical (unpaired) electrons. The molecule has 0 fully saturated rings. The van der Waals surface area contributed by atoms with Crippen LogP contribution in [0.25, 0.3) is 0 Å². The van der Waals surface area contributed by atoms with Gasteiger partial charge in [-0.15, -0.1) is 0 Å². The fourth-order valence-corrected chi connectivity index (χ4v) is 2.54. The van der Waals surface area contributed by atoms with Crippen LogP contribution < -0.4 is 10.5 Å². The van der Waals surface area contributed by atoms with E-state index in [9.17, 15) is 8.42 Å². The van der Waals surface area contributed by atoms with Crippen molar-refractivity contribution < 1.29 is 8.42 Å². The maximum Gasteiger partial charge on any atom is 0.215 e. The van der Waals surface area contributed by atoms with Gasteiger partial charge in [0, 0.05) is 13.0 Å². The van der Waals surface area contributed by atoms with E-state index in [2.05, 4.69) is 4.72 Å². The fourth-order valence-electron chi connectivity index (χ4n) is 1.35. The van der Waals surface area contributed by atoms with Crippen LogP contribution in [0.15, 0.2) is 30.3 Å². The molecular weight excluding hydrogens is 238 g/mol. The van der Waals surface area contributed by atoms with Gasteiger partial charge in [0.15, 0.2) is 0 Å². The van der Waals surface area contributed by atoms with E-state index in [1.54, 1.807) is 24.3 Å². The zero-order valence-corrected chi connectivity index (χ0v) is 10.3. The summed E-state index contributed by atoms with van der Waals surface area (Å²) in [5, 5.41) is 7.01. The predicted molar refractivity (Wildman–Crippen MR) is 68.2 cm³/mol. The highest BCUT2D eigenvalue weighted by molar-refractivity contribution is 7.88. The summed E-state index contributed by atoms with van der Waals surface area (Å²) < 4.78 is 25.8. The van der Waals surface area contributed by atoms with Gasteiger partial charge in [-0.2, -0.15) is 0 Å². The van der Waals surface area contributed by atoms with Crippen molar-refractivity contribution in [2.24, 2.45) is 5.73 Å². The molecule has 0 bridgehead atoms. The Kier molecular flexibility index (Phi) is 5.11. The SMILES string of the molecule is N=C(N)CCCNS(=O)(=O)Cc1ccccc1. The normalized spacial score (nSPS) is 11.3. The van der Waals surface area contributed by atoms with Crippen LogP contribution in [-0.4, -0.2) is 20.8 Å². The molecule has 17 heavy (non-hydrogen) atoms. The van der Waals surface area contributed by atoms with E-state index in [1.807, 2.05) is 6.07 Å². The second-order valence-electron chi connectivity index (χ2n) is 3.77. The highest BCUT2D eigenvalue weighted by Crippen LogP contribution is 2.03. The third kappa shape index (κ3) is 6.03. The van der Waals surface area contributed by atoms with E-state index in [0.29, 0.717) is 19.4 Å². The molecule has 0 saturated carbocycles. The number of hydrogen-bond acceptors (Lipinski definition) is 3. The van der Waals surface area contributed by atoms with Gasteiger partial charge < -0.3 is 5.73 Å². The van der Waals surface area contributed by atoms with Crippen LogP contribution in [0.4, 0.5) is 0 Å². The molecule has 4 N–H and O–H groups in total. The highest BCUT2D eigenvalue weighted by atomic mass is 32.2. The zero-order chi connectivity index (χ0) is 12.7. The van der Waals surface area contributed by atoms with Gasteiger partial charge in [0.1, 0.15) is 0 Å². The average Bonchev–Trinajstić information content (AvgIpc) is 2.25. The predicted octanol–water partition coefficient (Wildman–Crippen LogP) is 0.822. The summed E-state index contributed by atoms with van der Waals surface area (Å²) in [5.74, 6) is 0.0562. The van der Waals surface area contributed by atoms with Crippen LogP contribution >= 0.6 is 0 Å². The quantitative estimate of drug-likeness (QED) is 0.382. The average molecular weight is 255 g/mol. The van der Waals surface area contributed by atoms with E-state index in [1.165, 1.54) is 0 Å². The molecule has 0 saturated heterocycles. The topological polar surface area (TPSA) is 96.0 Å². The second-order valence-corrected chi connectivity index (χ2v) is 5.57. The fraction of sp³-hybridized carbons (Fsp3) is 0.364. The monoisotopic (exact) mass is 255 g/mol. The molecule has 0 aromatic heterocycles. The van der Waals surface area contributed by atoms with Crippen molar-refractivity contribution in [2.75, 3.05) is 6.54 Å². The molecule has 1 rings (SSSR count). The van der Waals surface area contributed by atoms with Crippen molar-refractivity contribution in [3.05, 3.63) is 35.9 Å². The summed E-state index contributed by atoms with van der Waals surface area (Å²) >= 11 is 0. The molecule has 0 aliphatic carbocycles. The van der Waals surface area contributed by atoms with E-state index >= 15 is 0 Å². The van der Waals surface area contributed by atoms with Gasteiger partial charge in [0.25, 0.3) is 0 Å². The minimum atomic E-state index is -3.29. The van der Waals surface area contributed by atoms with Crippen LogP contribution in [-0.2, 0) is 15.8 Å². The molecule has 0 amide bonds. The Morgan fingerprint density at radius 3 is 2.53 bits per heavy atom. The molecule has 0 unspecified atom stereocenters. The van der Waals surface area contributed by atoms with Gasteiger partial charge in [-0.05, 0) is 12.0 Å². The first-order valence-electron chi connectivity index (χ1n) is 5.34. The number of rotatable bonds is 7. The van der Waals surface area contributed by atoms with Gasteiger partial charge in [-0.1, -0.05) is 30.3 Å². The summed E-state index contributed by atoms with van der Waals surface area (Å²) in [7, 11) is -3.29. The Bertz CT molecular complexity index is 457. The van der Waals surface area contributed by atoms with Crippen molar-refractivity contribution in [1.29, 1.82) is 5.41 Å². The van der Waals surface area contributed by atoms with Crippen molar-refractivity contribution in [3.8, 4) is 0 Å². The molecule has 1 aromatic carbocycles. The van der Waals surface area contributed by atoms with Crippen molar-refractivity contribution >= 4 is 15.9 Å². The van der Waals surface area contributed by atoms with E-state index in [0.717, 1.165) is 5.56 Å². The third-order valence-electron chi connectivity index (χ3n) is 2.14. The number of nitrogens with one attached hydrogen (secondary N) is 2. The number of benzene rings is 1. The van der Waals surface area contributed by atoms with Crippen LogP contribution in [0.1, 0.15) is 18.4 Å². The first-order valence-corrected chi connectivity index (χ1v) is 6.99. The van der Waals surface area contributed by atoms with Crippen LogP contribution in [0.2, 0.25) is 0 Å². The Morgan fingerprint density at radius 1 is 1.29 bits per heavy atom. The van der Waals surface area contributed by atoms with Crippen LogP contribution in [0.5, 0.6) is 0 Å². The van der Waals surface area contributed by atoms with Crippen LogP contribution in [0, 0.1) is 5.41 Å². The number of nitrogens with two attached hydrogens (primary N) is 1. The Morgan fingerprint density at radius 2 is 1.94 bits per heavy atom. The van der Waals surface area contributed by atoms with E-state index in [-0.39, 0.29) is 11.6 Å². The summed E-state index contributed by atoms with van der Waals surface area (Å²) in [6.45, 7) is 0.314. The molecule has 5 nitrogen and oxygen atoms in total. The minimum absolute atomic E-state index is 0.0199. The van der Waals surface area contributed by atoms with Gasteiger partial charge in [0.05, 0.1) is 11.6 Å². The van der Waals surface area contributed by atoms with Crippen molar-refractivity contribution in [2.45, 2.75) is 18.6 Å². The third-order valence-corrected chi connectivity index (χ3v) is 3.50. The summed E-state index contributed by atoms with van der Waals surface area (Å²) in [6.07, 6.45) is 0.956. The summed E-state index contributed by atoms with van der Waals surface area (Å²) in [5.41, 5.74) is 5.93. The zero-order valence-electron chi connectivity index (χ0n) is 9.52. The lowest BCUT2D eigenvalue weighted by molar-refractivity contribution is 0.579. The van der Waals surface area contributed by atoms with Crippen molar-refractivity contribution in [1.82, 2.24) is 4.72 Å². The maximum atomic E-state index is 11.6. The van der Waals surface area contributed by atoms with Crippen molar-refractivity contribution in [3.63, 3.8) is 0 Å². The first kappa shape index (κ1) is 13.7. The van der Waals surface area contributed by atoms with Gasteiger partial charge in [-0.3, -0.25) is 5.41 Å². The Balaban J connectivity index is 2.39. The Labute approximate surface area is 102 Å². The first-order chi connectivity index (χ1) is 7.99. The number of amidine groups is 1. The molecule has 1 aromatic rings. The van der Waals surface area contributed by atoms with Gasteiger partial charge in [0.2, 0.25) is 10.0 Å². The standard InChI is InChI=1S/C11H17N3O2S/c12-11(13)7-4-8-14-17(15,16)9-10-5-2-1-3-6-10/h1-3,5-6,14H,4,7-9H2,(H3,12,13). The molecule has 6 heteroatoms. The molecule has 0 atom stereocenters. The lowest BCUT2D eigenvalue weighted by atomic mass is 10.2. The molecule has 0 heterocycles. The smallest absolute Gasteiger partial charge is 0.215 e.